The zero-order valence-electron chi connectivity index (χ0n) is 13.7. The summed E-state index contributed by atoms with van der Waals surface area (Å²) >= 11 is 0. The van der Waals surface area contributed by atoms with E-state index in [-0.39, 0.29) is 0 Å². The average Bonchev–Trinajstić information content (AvgIpc) is 2.94. The second-order valence-corrected chi connectivity index (χ2v) is 7.29. The number of rotatable bonds is 4. The molecule has 0 spiro atoms. The Morgan fingerprint density at radius 2 is 1.57 bits per heavy atom. The quantitative estimate of drug-likeness (QED) is 0.740. The SMILES string of the molecule is C1=CC[C@]2(Cc3ccccc3)CN(Cc3ccccc3)C[C@@H]2C1. The largest absolute Gasteiger partial charge is 0.298 e. The first-order valence-electron chi connectivity index (χ1n) is 8.79. The van der Waals surface area contributed by atoms with Crippen molar-refractivity contribution < 1.29 is 0 Å². The molecule has 118 valence electrons. The van der Waals surface area contributed by atoms with Crippen molar-refractivity contribution in [3.63, 3.8) is 0 Å². The Labute approximate surface area is 139 Å². The normalized spacial score (nSPS) is 27.0. The van der Waals surface area contributed by atoms with Crippen molar-refractivity contribution in [1.82, 2.24) is 4.90 Å². The fourth-order valence-corrected chi connectivity index (χ4v) is 4.52. The summed E-state index contributed by atoms with van der Waals surface area (Å²) in [5.74, 6) is 0.802. The van der Waals surface area contributed by atoms with E-state index in [0.717, 1.165) is 12.5 Å². The van der Waals surface area contributed by atoms with Crippen molar-refractivity contribution >= 4 is 0 Å². The van der Waals surface area contributed by atoms with Gasteiger partial charge in [-0.2, -0.15) is 0 Å². The Bertz CT molecular complexity index is 661. The van der Waals surface area contributed by atoms with Crippen molar-refractivity contribution in [2.45, 2.75) is 25.8 Å². The van der Waals surface area contributed by atoms with Gasteiger partial charge in [0.05, 0.1) is 0 Å². The third-order valence-corrected chi connectivity index (χ3v) is 5.64. The van der Waals surface area contributed by atoms with Gasteiger partial charge in [-0.15, -0.1) is 0 Å². The summed E-state index contributed by atoms with van der Waals surface area (Å²) in [6.07, 6.45) is 8.52. The number of nitrogens with zero attached hydrogens (tertiary/aromatic N) is 1. The topological polar surface area (TPSA) is 3.24 Å². The zero-order valence-corrected chi connectivity index (χ0v) is 13.7. The molecule has 0 bridgehead atoms. The molecule has 1 fully saturated rings. The van der Waals surface area contributed by atoms with Crippen LogP contribution in [-0.4, -0.2) is 18.0 Å². The van der Waals surface area contributed by atoms with Crippen molar-refractivity contribution in [2.24, 2.45) is 11.3 Å². The van der Waals surface area contributed by atoms with Gasteiger partial charge in [-0.05, 0) is 41.7 Å². The Balaban J connectivity index is 1.53. The van der Waals surface area contributed by atoms with Crippen LogP contribution in [0.1, 0.15) is 24.0 Å². The van der Waals surface area contributed by atoms with Crippen molar-refractivity contribution in [1.29, 1.82) is 0 Å². The fraction of sp³-hybridized carbons (Fsp3) is 0.364. The number of allylic oxidation sites excluding steroid dienone is 2. The summed E-state index contributed by atoms with van der Waals surface area (Å²) in [5, 5.41) is 0. The van der Waals surface area contributed by atoms with Gasteiger partial charge in [0.25, 0.3) is 0 Å². The molecule has 4 rings (SSSR count). The molecular formula is C22H25N. The van der Waals surface area contributed by atoms with E-state index in [1.165, 1.54) is 43.5 Å². The van der Waals surface area contributed by atoms with E-state index in [1.54, 1.807) is 0 Å². The molecule has 0 saturated carbocycles. The molecular weight excluding hydrogens is 278 g/mol. The van der Waals surface area contributed by atoms with Gasteiger partial charge in [-0.1, -0.05) is 72.8 Å². The molecule has 1 saturated heterocycles. The van der Waals surface area contributed by atoms with E-state index in [0.29, 0.717) is 5.41 Å². The maximum atomic E-state index is 2.68. The first kappa shape index (κ1) is 14.7. The van der Waals surface area contributed by atoms with Crippen LogP contribution in [0.4, 0.5) is 0 Å². The molecule has 0 unspecified atom stereocenters. The fourth-order valence-electron chi connectivity index (χ4n) is 4.52. The van der Waals surface area contributed by atoms with Gasteiger partial charge >= 0.3 is 0 Å². The number of likely N-dealkylation sites (tertiary alicyclic amines) is 1. The molecule has 2 aromatic rings. The summed E-state index contributed by atoms with van der Waals surface area (Å²) in [6.45, 7) is 3.56. The van der Waals surface area contributed by atoms with E-state index < -0.39 is 0 Å². The first-order chi connectivity index (χ1) is 11.3. The summed E-state index contributed by atoms with van der Waals surface area (Å²) in [5.41, 5.74) is 3.37. The standard InChI is InChI=1S/C22H25N/c1-3-9-19(10-4-1)15-22-14-8-7-13-21(22)17-23(18-22)16-20-11-5-2-6-12-20/h1-12,21H,13-18H2/t21-,22-/m0/s1. The highest BCUT2D eigenvalue weighted by molar-refractivity contribution is 5.21. The highest BCUT2D eigenvalue weighted by Gasteiger charge is 2.45. The molecule has 2 atom stereocenters. The Morgan fingerprint density at radius 1 is 0.870 bits per heavy atom. The van der Waals surface area contributed by atoms with Gasteiger partial charge in [0.2, 0.25) is 0 Å². The van der Waals surface area contributed by atoms with E-state index in [1.807, 2.05) is 0 Å². The lowest BCUT2D eigenvalue weighted by Gasteiger charge is -2.36. The van der Waals surface area contributed by atoms with Gasteiger partial charge in [0.15, 0.2) is 0 Å². The summed E-state index contributed by atoms with van der Waals surface area (Å²) in [6, 6.07) is 22.0. The molecule has 0 amide bonds. The highest BCUT2D eigenvalue weighted by atomic mass is 15.2. The molecule has 1 aliphatic carbocycles. The lowest BCUT2D eigenvalue weighted by molar-refractivity contribution is 0.204. The lowest BCUT2D eigenvalue weighted by atomic mass is 9.67. The van der Waals surface area contributed by atoms with Crippen LogP contribution in [0.15, 0.2) is 72.8 Å². The third-order valence-electron chi connectivity index (χ3n) is 5.64. The second kappa shape index (κ2) is 6.33. The van der Waals surface area contributed by atoms with Crippen molar-refractivity contribution in [3.8, 4) is 0 Å². The second-order valence-electron chi connectivity index (χ2n) is 7.29. The molecule has 0 N–H and O–H groups in total. The Hall–Kier alpha value is -1.86. The van der Waals surface area contributed by atoms with Gasteiger partial charge in [0.1, 0.15) is 0 Å². The monoisotopic (exact) mass is 303 g/mol. The van der Waals surface area contributed by atoms with Crippen molar-refractivity contribution in [3.05, 3.63) is 83.9 Å². The predicted molar refractivity (Wildman–Crippen MR) is 96.2 cm³/mol. The van der Waals surface area contributed by atoms with E-state index in [4.69, 9.17) is 0 Å². The minimum absolute atomic E-state index is 0.435. The predicted octanol–water partition coefficient (Wildman–Crippen LogP) is 4.70. The minimum atomic E-state index is 0.435. The summed E-state index contributed by atoms with van der Waals surface area (Å²) in [4.78, 5) is 2.68. The van der Waals surface area contributed by atoms with Gasteiger partial charge in [-0.3, -0.25) is 4.90 Å². The van der Waals surface area contributed by atoms with Gasteiger partial charge < -0.3 is 0 Å². The highest BCUT2D eigenvalue weighted by Crippen LogP contribution is 2.46. The van der Waals surface area contributed by atoms with Gasteiger partial charge in [0, 0.05) is 19.6 Å². The van der Waals surface area contributed by atoms with E-state index >= 15 is 0 Å². The third kappa shape index (κ3) is 3.11. The molecule has 0 radical (unpaired) electrons. The number of fused-ring (bicyclic) bond motifs is 1. The molecule has 0 aromatic heterocycles. The Morgan fingerprint density at radius 3 is 2.30 bits per heavy atom. The maximum absolute atomic E-state index is 2.68. The van der Waals surface area contributed by atoms with Crippen LogP contribution < -0.4 is 0 Å². The lowest BCUT2D eigenvalue weighted by Crippen LogP contribution is -2.34. The summed E-state index contributed by atoms with van der Waals surface area (Å²) < 4.78 is 0. The molecule has 23 heavy (non-hydrogen) atoms. The zero-order chi connectivity index (χ0) is 15.5. The molecule has 2 aliphatic rings. The van der Waals surface area contributed by atoms with Crippen LogP contribution in [0.5, 0.6) is 0 Å². The van der Waals surface area contributed by atoms with Crippen LogP contribution in [-0.2, 0) is 13.0 Å². The van der Waals surface area contributed by atoms with Crippen LogP contribution in [0.25, 0.3) is 0 Å². The van der Waals surface area contributed by atoms with Gasteiger partial charge in [-0.25, -0.2) is 0 Å². The molecule has 1 nitrogen and oxygen atoms in total. The van der Waals surface area contributed by atoms with E-state index in [2.05, 4.69) is 77.7 Å². The Kier molecular flexibility index (Phi) is 4.05. The molecule has 1 heteroatoms. The van der Waals surface area contributed by atoms with Crippen molar-refractivity contribution in [2.75, 3.05) is 13.1 Å². The van der Waals surface area contributed by atoms with E-state index in [9.17, 15) is 0 Å². The summed E-state index contributed by atoms with van der Waals surface area (Å²) in [7, 11) is 0. The number of benzene rings is 2. The first-order valence-corrected chi connectivity index (χ1v) is 8.79. The van der Waals surface area contributed by atoms with Crippen LogP contribution in [0.2, 0.25) is 0 Å². The molecule has 2 aromatic carbocycles. The van der Waals surface area contributed by atoms with Crippen LogP contribution >= 0.6 is 0 Å². The average molecular weight is 303 g/mol. The maximum Gasteiger partial charge on any atom is 0.0234 e. The molecule has 1 aliphatic heterocycles. The number of hydrogen-bond acceptors (Lipinski definition) is 1. The minimum Gasteiger partial charge on any atom is -0.298 e. The smallest absolute Gasteiger partial charge is 0.0234 e. The van der Waals surface area contributed by atoms with Crippen LogP contribution in [0, 0.1) is 11.3 Å². The molecule has 1 heterocycles. The number of hydrogen-bond donors (Lipinski definition) is 0. The van der Waals surface area contributed by atoms with Crippen LogP contribution in [0.3, 0.4) is 0 Å².